The van der Waals surface area contributed by atoms with Gasteiger partial charge in [0.2, 0.25) is 0 Å². The van der Waals surface area contributed by atoms with Gasteiger partial charge in [-0.3, -0.25) is 4.72 Å². The van der Waals surface area contributed by atoms with Gasteiger partial charge >= 0.3 is 0 Å². The number of fused-ring (bicyclic) bond motifs is 1. The Morgan fingerprint density at radius 1 is 0.727 bits per heavy atom. The Kier molecular flexibility index (Phi) is 7.05. The molecule has 0 radical (unpaired) electrons. The molecule has 1 N–H and O–H groups in total. The number of aryl methyl sites for hydroxylation is 1. The van der Waals surface area contributed by atoms with E-state index in [-0.39, 0.29) is 0 Å². The fraction of sp³-hybridized carbons (Fsp3) is 0.161. The summed E-state index contributed by atoms with van der Waals surface area (Å²) in [5.74, 6) is 0.918. The molecular weight excluding hydrogens is 418 g/mol. The molecule has 0 aromatic heterocycles. The van der Waals surface area contributed by atoms with E-state index in [0.717, 1.165) is 13.0 Å². The number of hydrogen-bond donors (Lipinski definition) is 1. The van der Waals surface area contributed by atoms with Gasteiger partial charge in [-0.1, -0.05) is 109 Å². The van der Waals surface area contributed by atoms with Crippen LogP contribution in [0.1, 0.15) is 46.1 Å². The van der Waals surface area contributed by atoms with Gasteiger partial charge in [0.1, 0.15) is 0 Å². The van der Waals surface area contributed by atoms with Crippen LogP contribution in [0, 0.1) is 0 Å². The summed E-state index contributed by atoms with van der Waals surface area (Å²) in [6.45, 7) is 0.827. The Bertz CT molecular complexity index is 1180. The van der Waals surface area contributed by atoms with Crippen LogP contribution in [0.15, 0.2) is 120 Å². The van der Waals surface area contributed by atoms with Crippen molar-refractivity contribution in [2.75, 3.05) is 6.54 Å². The summed E-state index contributed by atoms with van der Waals surface area (Å²) in [4.78, 5) is 1.23. The van der Waals surface area contributed by atoms with Crippen molar-refractivity contribution in [2.45, 2.75) is 29.6 Å². The minimum Gasteiger partial charge on any atom is -0.256 e. The molecular formula is C31H29NS. The molecule has 4 aromatic rings. The van der Waals surface area contributed by atoms with E-state index in [4.69, 9.17) is 0 Å². The largest absolute Gasteiger partial charge is 0.256 e. The van der Waals surface area contributed by atoms with Gasteiger partial charge in [-0.05, 0) is 70.7 Å². The van der Waals surface area contributed by atoms with E-state index < -0.39 is 0 Å². The molecule has 5 rings (SSSR count). The highest BCUT2D eigenvalue weighted by atomic mass is 32.2. The second-order valence-electron chi connectivity index (χ2n) is 8.56. The van der Waals surface area contributed by atoms with E-state index in [2.05, 4.69) is 120 Å². The third-order valence-electron chi connectivity index (χ3n) is 6.49. The average molecular weight is 448 g/mol. The zero-order chi connectivity index (χ0) is 22.3. The molecule has 0 fully saturated rings. The molecule has 0 heterocycles. The minimum atomic E-state index is 0.402. The summed E-state index contributed by atoms with van der Waals surface area (Å²) in [6.07, 6.45) is 6.73. The van der Waals surface area contributed by atoms with Crippen LogP contribution in [-0.2, 0) is 6.42 Å². The maximum absolute atomic E-state index is 3.40. The summed E-state index contributed by atoms with van der Waals surface area (Å²) in [5.41, 5.74) is 7.09. The minimum absolute atomic E-state index is 0.402. The summed E-state index contributed by atoms with van der Waals surface area (Å²) in [5, 5.41) is 0. The van der Waals surface area contributed by atoms with Gasteiger partial charge in [-0.25, -0.2) is 0 Å². The molecule has 0 amide bonds. The van der Waals surface area contributed by atoms with Crippen molar-refractivity contribution in [3.8, 4) is 0 Å². The lowest BCUT2D eigenvalue weighted by atomic mass is 9.69. The second kappa shape index (κ2) is 10.7. The second-order valence-corrected chi connectivity index (χ2v) is 9.53. The predicted molar refractivity (Wildman–Crippen MR) is 142 cm³/mol. The molecule has 2 unspecified atom stereocenters. The fourth-order valence-electron chi connectivity index (χ4n) is 4.90. The zero-order valence-corrected chi connectivity index (χ0v) is 19.5. The standard InChI is InChI=1S/C31H29NS/c1-3-11-25(12-4-1)30-22-21-26-13-7-8-16-29(26)31(30)27-19-17-24(18-20-27)10-9-23-32-33-28-14-5-2-6-15-28/h1-20,30-32H,21-23H2/b10-9+. The first kappa shape index (κ1) is 21.8. The van der Waals surface area contributed by atoms with Gasteiger partial charge in [0.05, 0.1) is 0 Å². The van der Waals surface area contributed by atoms with Gasteiger partial charge < -0.3 is 0 Å². The SMILES string of the molecule is C(=C\c1ccc(C2c3ccccc3CCC2c2ccccc2)cc1)/CNSc1ccccc1. The first-order chi connectivity index (χ1) is 16.4. The van der Waals surface area contributed by atoms with Crippen molar-refractivity contribution in [3.05, 3.63) is 143 Å². The first-order valence-electron chi connectivity index (χ1n) is 11.7. The fourth-order valence-corrected chi connectivity index (χ4v) is 5.54. The summed E-state index contributed by atoms with van der Waals surface area (Å²) in [6, 6.07) is 39.6. The first-order valence-corrected chi connectivity index (χ1v) is 12.5. The van der Waals surface area contributed by atoms with Crippen LogP contribution in [-0.4, -0.2) is 6.54 Å². The van der Waals surface area contributed by atoms with Crippen molar-refractivity contribution in [1.82, 2.24) is 4.72 Å². The molecule has 33 heavy (non-hydrogen) atoms. The van der Waals surface area contributed by atoms with E-state index in [1.807, 2.05) is 6.07 Å². The molecule has 0 spiro atoms. The van der Waals surface area contributed by atoms with E-state index in [1.54, 1.807) is 11.9 Å². The lowest BCUT2D eigenvalue weighted by Gasteiger charge is -2.34. The topological polar surface area (TPSA) is 12.0 Å². The molecule has 164 valence electrons. The molecule has 1 nitrogen and oxygen atoms in total. The molecule has 0 saturated carbocycles. The Morgan fingerprint density at radius 2 is 1.42 bits per heavy atom. The van der Waals surface area contributed by atoms with Crippen molar-refractivity contribution >= 4 is 18.0 Å². The monoisotopic (exact) mass is 447 g/mol. The number of rotatable bonds is 7. The molecule has 1 aliphatic rings. The third kappa shape index (κ3) is 5.30. The van der Waals surface area contributed by atoms with Crippen LogP contribution in [0.4, 0.5) is 0 Å². The smallest absolute Gasteiger partial charge is 0.0246 e. The Labute approximate surface area is 201 Å². The molecule has 0 saturated heterocycles. The van der Waals surface area contributed by atoms with E-state index in [1.165, 1.54) is 39.1 Å². The molecule has 1 aliphatic carbocycles. The molecule has 2 heteroatoms. The summed E-state index contributed by atoms with van der Waals surface area (Å²) in [7, 11) is 0. The van der Waals surface area contributed by atoms with Gasteiger partial charge in [-0.2, -0.15) is 0 Å². The predicted octanol–water partition coefficient (Wildman–Crippen LogP) is 7.86. The van der Waals surface area contributed by atoms with Crippen LogP contribution < -0.4 is 4.72 Å². The number of hydrogen-bond acceptors (Lipinski definition) is 2. The molecule has 0 aliphatic heterocycles. The number of benzene rings is 4. The van der Waals surface area contributed by atoms with Crippen LogP contribution in [0.2, 0.25) is 0 Å². The highest BCUT2D eigenvalue weighted by Gasteiger charge is 2.31. The van der Waals surface area contributed by atoms with Crippen molar-refractivity contribution in [2.24, 2.45) is 0 Å². The highest BCUT2D eigenvalue weighted by Crippen LogP contribution is 2.46. The van der Waals surface area contributed by atoms with Crippen molar-refractivity contribution in [1.29, 1.82) is 0 Å². The normalized spacial score (nSPS) is 17.7. The Hall–Kier alpha value is -3.07. The average Bonchev–Trinajstić information content (AvgIpc) is 2.89. The van der Waals surface area contributed by atoms with Gasteiger partial charge in [0.15, 0.2) is 0 Å². The van der Waals surface area contributed by atoms with Crippen molar-refractivity contribution < 1.29 is 0 Å². The molecule has 4 aromatic carbocycles. The molecule has 0 bridgehead atoms. The quantitative estimate of drug-likeness (QED) is 0.229. The lowest BCUT2D eigenvalue weighted by molar-refractivity contribution is 0.524. The third-order valence-corrected chi connectivity index (χ3v) is 7.30. The summed E-state index contributed by atoms with van der Waals surface area (Å²) < 4.78 is 3.40. The summed E-state index contributed by atoms with van der Waals surface area (Å²) >= 11 is 1.67. The van der Waals surface area contributed by atoms with Crippen LogP contribution >= 0.6 is 11.9 Å². The maximum atomic E-state index is 3.40. The Balaban J connectivity index is 1.31. The van der Waals surface area contributed by atoms with Crippen LogP contribution in [0.3, 0.4) is 0 Å². The van der Waals surface area contributed by atoms with Gasteiger partial charge in [0.25, 0.3) is 0 Å². The molecule has 2 atom stereocenters. The Morgan fingerprint density at radius 3 is 2.21 bits per heavy atom. The maximum Gasteiger partial charge on any atom is 0.0246 e. The van der Waals surface area contributed by atoms with E-state index in [9.17, 15) is 0 Å². The lowest BCUT2D eigenvalue weighted by Crippen LogP contribution is -2.20. The number of nitrogens with one attached hydrogen (secondary N) is 1. The van der Waals surface area contributed by atoms with Crippen LogP contribution in [0.5, 0.6) is 0 Å². The van der Waals surface area contributed by atoms with Gasteiger partial charge in [-0.15, -0.1) is 0 Å². The van der Waals surface area contributed by atoms with E-state index >= 15 is 0 Å². The highest BCUT2D eigenvalue weighted by molar-refractivity contribution is 7.97. The van der Waals surface area contributed by atoms with Crippen LogP contribution in [0.25, 0.3) is 6.08 Å². The van der Waals surface area contributed by atoms with E-state index in [0.29, 0.717) is 11.8 Å². The van der Waals surface area contributed by atoms with Gasteiger partial charge in [0, 0.05) is 17.4 Å². The van der Waals surface area contributed by atoms with Crippen molar-refractivity contribution in [3.63, 3.8) is 0 Å². The zero-order valence-electron chi connectivity index (χ0n) is 18.7.